The summed E-state index contributed by atoms with van der Waals surface area (Å²) < 4.78 is 0.992. The molecule has 1 N–H and O–H groups in total. The second kappa shape index (κ2) is 9.15. The van der Waals surface area contributed by atoms with Crippen LogP contribution in [-0.4, -0.2) is 79.9 Å². The van der Waals surface area contributed by atoms with E-state index in [1.807, 2.05) is 36.2 Å². The summed E-state index contributed by atoms with van der Waals surface area (Å²) in [5.41, 5.74) is 1.06. The lowest BCUT2D eigenvalue weighted by Crippen LogP contribution is -2.50. The standard InChI is InChI=1S/C17H25BrN4O2/c1-20(13-17(24)22-9-7-19-8-10-22)12-16(23)21(2)11-14-5-3-4-6-15(14)18/h3-6,19H,7-13H2,1-2H3. The van der Waals surface area contributed by atoms with Gasteiger partial charge >= 0.3 is 0 Å². The zero-order valence-corrected chi connectivity index (χ0v) is 15.9. The van der Waals surface area contributed by atoms with Gasteiger partial charge in [0.15, 0.2) is 0 Å². The lowest BCUT2D eigenvalue weighted by atomic mass is 10.2. The number of carbonyl (C=O) groups is 2. The first-order valence-corrected chi connectivity index (χ1v) is 8.91. The maximum absolute atomic E-state index is 12.4. The number of hydrogen-bond donors (Lipinski definition) is 1. The highest BCUT2D eigenvalue weighted by Crippen LogP contribution is 2.17. The van der Waals surface area contributed by atoms with Gasteiger partial charge in [0.1, 0.15) is 0 Å². The summed E-state index contributed by atoms with van der Waals surface area (Å²) in [6.07, 6.45) is 0. The molecule has 1 aromatic carbocycles. The molecule has 1 heterocycles. The van der Waals surface area contributed by atoms with Gasteiger partial charge in [-0.05, 0) is 18.7 Å². The summed E-state index contributed by atoms with van der Waals surface area (Å²) in [5, 5.41) is 3.23. The number of halogens is 1. The van der Waals surface area contributed by atoms with E-state index in [4.69, 9.17) is 0 Å². The third kappa shape index (κ3) is 5.58. The number of nitrogens with one attached hydrogen (secondary N) is 1. The van der Waals surface area contributed by atoms with Gasteiger partial charge in [0.25, 0.3) is 0 Å². The molecule has 0 aliphatic carbocycles. The molecule has 132 valence electrons. The van der Waals surface area contributed by atoms with E-state index >= 15 is 0 Å². The highest BCUT2D eigenvalue weighted by atomic mass is 79.9. The number of rotatable bonds is 6. The van der Waals surface area contributed by atoms with E-state index in [2.05, 4.69) is 21.2 Å². The molecule has 0 aromatic heterocycles. The van der Waals surface area contributed by atoms with Crippen LogP contribution in [0.3, 0.4) is 0 Å². The fraction of sp³-hybridized carbons (Fsp3) is 0.529. The number of benzene rings is 1. The van der Waals surface area contributed by atoms with Crippen LogP contribution < -0.4 is 5.32 Å². The smallest absolute Gasteiger partial charge is 0.236 e. The molecule has 0 unspecified atom stereocenters. The summed E-state index contributed by atoms with van der Waals surface area (Å²) in [5.74, 6) is 0.0848. The Morgan fingerprint density at radius 1 is 1.17 bits per heavy atom. The SMILES string of the molecule is CN(CC(=O)N(C)Cc1ccccc1Br)CC(=O)N1CCNCC1. The first kappa shape index (κ1) is 18.9. The molecule has 1 fully saturated rings. The van der Waals surface area contributed by atoms with Gasteiger partial charge < -0.3 is 15.1 Å². The number of nitrogens with zero attached hydrogens (tertiary/aromatic N) is 3. The van der Waals surface area contributed by atoms with Gasteiger partial charge in [0, 0.05) is 44.2 Å². The summed E-state index contributed by atoms with van der Waals surface area (Å²) in [6.45, 7) is 4.20. The molecular formula is C17H25BrN4O2. The monoisotopic (exact) mass is 396 g/mol. The van der Waals surface area contributed by atoms with Crippen molar-refractivity contribution in [3.63, 3.8) is 0 Å². The molecule has 0 radical (unpaired) electrons. The Hall–Kier alpha value is -1.44. The molecule has 6 nitrogen and oxygen atoms in total. The molecule has 0 spiro atoms. The molecule has 0 atom stereocenters. The van der Waals surface area contributed by atoms with E-state index in [0.29, 0.717) is 6.54 Å². The predicted octanol–water partition coefficient (Wildman–Crippen LogP) is 0.771. The van der Waals surface area contributed by atoms with Crippen LogP contribution in [0.25, 0.3) is 0 Å². The zero-order chi connectivity index (χ0) is 17.5. The minimum atomic E-state index is 0.00126. The van der Waals surface area contributed by atoms with Crippen molar-refractivity contribution in [2.75, 3.05) is 53.4 Å². The van der Waals surface area contributed by atoms with Crippen molar-refractivity contribution >= 4 is 27.7 Å². The largest absolute Gasteiger partial charge is 0.340 e. The Balaban J connectivity index is 1.80. The van der Waals surface area contributed by atoms with Crippen LogP contribution in [0.2, 0.25) is 0 Å². The van der Waals surface area contributed by atoms with E-state index in [-0.39, 0.29) is 24.9 Å². The molecular weight excluding hydrogens is 372 g/mol. The van der Waals surface area contributed by atoms with Crippen LogP contribution in [-0.2, 0) is 16.1 Å². The lowest BCUT2D eigenvalue weighted by Gasteiger charge is -2.29. The van der Waals surface area contributed by atoms with Gasteiger partial charge in [-0.25, -0.2) is 0 Å². The van der Waals surface area contributed by atoms with Gasteiger partial charge in [-0.15, -0.1) is 0 Å². The van der Waals surface area contributed by atoms with Crippen LogP contribution in [0.4, 0.5) is 0 Å². The van der Waals surface area contributed by atoms with Crippen molar-refractivity contribution in [3.05, 3.63) is 34.3 Å². The highest BCUT2D eigenvalue weighted by Gasteiger charge is 2.19. The first-order chi connectivity index (χ1) is 11.5. The van der Waals surface area contributed by atoms with Crippen molar-refractivity contribution in [1.29, 1.82) is 0 Å². The molecule has 1 aliphatic rings. The number of carbonyl (C=O) groups excluding carboxylic acids is 2. The minimum absolute atomic E-state index is 0.00126. The molecule has 24 heavy (non-hydrogen) atoms. The average Bonchev–Trinajstić information content (AvgIpc) is 2.57. The minimum Gasteiger partial charge on any atom is -0.340 e. The van der Waals surface area contributed by atoms with Crippen molar-refractivity contribution < 1.29 is 9.59 Å². The molecule has 0 saturated carbocycles. The maximum atomic E-state index is 12.4. The van der Waals surface area contributed by atoms with E-state index < -0.39 is 0 Å². The van der Waals surface area contributed by atoms with Gasteiger partial charge in [0.2, 0.25) is 11.8 Å². The molecule has 1 saturated heterocycles. The Labute approximate surface area is 151 Å². The van der Waals surface area contributed by atoms with Crippen molar-refractivity contribution in [2.24, 2.45) is 0 Å². The summed E-state index contributed by atoms with van der Waals surface area (Å²) in [7, 11) is 3.60. The summed E-state index contributed by atoms with van der Waals surface area (Å²) in [6, 6.07) is 7.86. The van der Waals surface area contributed by atoms with Crippen LogP contribution in [0.5, 0.6) is 0 Å². The normalized spacial score (nSPS) is 14.8. The van der Waals surface area contributed by atoms with Crippen molar-refractivity contribution in [2.45, 2.75) is 6.54 Å². The summed E-state index contributed by atoms with van der Waals surface area (Å²) in [4.78, 5) is 29.9. The molecule has 2 rings (SSSR count). The second-order valence-corrected chi connectivity index (χ2v) is 7.00. The Kier molecular flexibility index (Phi) is 7.20. The highest BCUT2D eigenvalue weighted by molar-refractivity contribution is 9.10. The van der Waals surface area contributed by atoms with E-state index in [1.54, 1.807) is 16.8 Å². The van der Waals surface area contributed by atoms with Crippen LogP contribution in [0, 0.1) is 0 Å². The second-order valence-electron chi connectivity index (χ2n) is 6.14. The topological polar surface area (TPSA) is 55.9 Å². The van der Waals surface area contributed by atoms with Gasteiger partial charge in [-0.1, -0.05) is 34.1 Å². The fourth-order valence-corrected chi connectivity index (χ4v) is 3.03. The zero-order valence-electron chi connectivity index (χ0n) is 14.3. The maximum Gasteiger partial charge on any atom is 0.236 e. The molecule has 1 aliphatic heterocycles. The molecule has 7 heteroatoms. The number of likely N-dealkylation sites (N-methyl/N-ethyl adjacent to an activating group) is 2. The first-order valence-electron chi connectivity index (χ1n) is 8.12. The fourth-order valence-electron chi connectivity index (χ4n) is 2.62. The van der Waals surface area contributed by atoms with Gasteiger partial charge in [0.05, 0.1) is 13.1 Å². The molecule has 0 bridgehead atoms. The number of amides is 2. The van der Waals surface area contributed by atoms with E-state index in [0.717, 1.165) is 36.2 Å². The summed E-state index contributed by atoms with van der Waals surface area (Å²) >= 11 is 3.50. The Bertz CT molecular complexity index is 575. The van der Waals surface area contributed by atoms with Gasteiger partial charge in [-0.3, -0.25) is 14.5 Å². The Morgan fingerprint density at radius 2 is 1.83 bits per heavy atom. The van der Waals surface area contributed by atoms with Crippen LogP contribution in [0.15, 0.2) is 28.7 Å². The number of piperazine rings is 1. The van der Waals surface area contributed by atoms with Crippen LogP contribution >= 0.6 is 15.9 Å². The third-order valence-corrected chi connectivity index (χ3v) is 4.84. The van der Waals surface area contributed by atoms with Crippen molar-refractivity contribution in [3.8, 4) is 0 Å². The van der Waals surface area contributed by atoms with E-state index in [1.165, 1.54) is 0 Å². The van der Waals surface area contributed by atoms with Gasteiger partial charge in [-0.2, -0.15) is 0 Å². The molecule has 1 aromatic rings. The Morgan fingerprint density at radius 3 is 2.50 bits per heavy atom. The quantitative estimate of drug-likeness (QED) is 0.771. The molecule has 2 amide bonds. The number of hydrogen-bond acceptors (Lipinski definition) is 4. The predicted molar refractivity (Wildman–Crippen MR) is 97.6 cm³/mol. The third-order valence-electron chi connectivity index (χ3n) is 4.07. The lowest BCUT2D eigenvalue weighted by molar-refractivity contribution is -0.135. The average molecular weight is 397 g/mol. The van der Waals surface area contributed by atoms with Crippen LogP contribution in [0.1, 0.15) is 5.56 Å². The van der Waals surface area contributed by atoms with E-state index in [9.17, 15) is 9.59 Å². The van der Waals surface area contributed by atoms with Crippen molar-refractivity contribution in [1.82, 2.24) is 20.0 Å².